The van der Waals surface area contributed by atoms with Gasteiger partial charge >= 0.3 is 23.0 Å². The molecular formula is C9H13N3O5. The fourth-order valence-corrected chi connectivity index (χ4v) is 1.33. The highest BCUT2D eigenvalue weighted by molar-refractivity contribution is 5.66. The summed E-state index contributed by atoms with van der Waals surface area (Å²) in [7, 11) is 0. The molecule has 17 heavy (non-hydrogen) atoms. The summed E-state index contributed by atoms with van der Waals surface area (Å²) in [6.07, 6.45) is 1.36. The molecule has 1 aromatic heterocycles. The van der Waals surface area contributed by atoms with Crippen molar-refractivity contribution in [3.8, 4) is 0 Å². The van der Waals surface area contributed by atoms with Crippen molar-refractivity contribution >= 4 is 5.97 Å². The summed E-state index contributed by atoms with van der Waals surface area (Å²) in [5, 5.41) is 8.55. The van der Waals surface area contributed by atoms with E-state index in [-0.39, 0.29) is 6.54 Å². The number of unbranched alkanes of at least 4 members (excludes halogenated alkanes) is 1. The molecule has 0 atom stereocenters. The van der Waals surface area contributed by atoms with Crippen LogP contribution >= 0.6 is 0 Å². The van der Waals surface area contributed by atoms with Crippen LogP contribution in [0.5, 0.6) is 0 Å². The molecule has 1 heterocycles. The zero-order valence-corrected chi connectivity index (χ0v) is 9.30. The normalized spacial score (nSPS) is 10.4. The summed E-state index contributed by atoms with van der Waals surface area (Å²) in [4.78, 5) is 46.7. The van der Waals surface area contributed by atoms with E-state index in [0.717, 1.165) is 11.0 Å². The van der Waals surface area contributed by atoms with Crippen LogP contribution < -0.4 is 17.1 Å². The third-order valence-corrected chi connectivity index (χ3v) is 2.19. The maximum atomic E-state index is 11.7. The maximum Gasteiger partial charge on any atom is 0.336 e. The predicted molar refractivity (Wildman–Crippen MR) is 58.1 cm³/mol. The van der Waals surface area contributed by atoms with Crippen molar-refractivity contribution in [2.75, 3.05) is 0 Å². The molecule has 0 aromatic carbocycles. The molecule has 8 nitrogen and oxygen atoms in total. The van der Waals surface area contributed by atoms with Gasteiger partial charge in [0.05, 0.1) is 0 Å². The van der Waals surface area contributed by atoms with E-state index >= 15 is 0 Å². The molecule has 0 bridgehead atoms. The molecule has 1 rings (SSSR count). The van der Waals surface area contributed by atoms with Gasteiger partial charge in [0.15, 0.2) is 0 Å². The average Bonchev–Trinajstić information content (AvgIpc) is 2.23. The van der Waals surface area contributed by atoms with E-state index in [1.165, 1.54) is 0 Å². The fraction of sp³-hybridized carbons (Fsp3) is 0.556. The predicted octanol–water partition coefficient (Wildman–Crippen LogP) is -1.42. The summed E-state index contributed by atoms with van der Waals surface area (Å²) in [6.45, 7) is 1.28. The number of hydrogen-bond donors (Lipinski definition) is 2. The Bertz CT molecular complexity index is 580. The summed E-state index contributed by atoms with van der Waals surface area (Å²) < 4.78 is 1.31. The van der Waals surface area contributed by atoms with Crippen molar-refractivity contribution in [1.82, 2.24) is 14.1 Å². The standard InChI is InChI=1S/C9H13N3O5/c1-2-3-4-11-7(15)10-8(16)12(9(11)17)5-6(13)14/h2-5H2,1H3,(H,13,14)(H,10,15,16). The van der Waals surface area contributed by atoms with E-state index in [4.69, 9.17) is 5.11 Å². The number of carbonyl (C=O) groups is 1. The molecule has 8 heteroatoms. The van der Waals surface area contributed by atoms with Crippen LogP contribution in [0.15, 0.2) is 14.4 Å². The van der Waals surface area contributed by atoms with Crippen LogP contribution in [-0.4, -0.2) is 25.2 Å². The van der Waals surface area contributed by atoms with Gasteiger partial charge in [-0.3, -0.25) is 9.78 Å². The molecule has 0 spiro atoms. The third-order valence-electron chi connectivity index (χ3n) is 2.19. The van der Waals surface area contributed by atoms with Gasteiger partial charge in [0, 0.05) is 6.54 Å². The van der Waals surface area contributed by atoms with Gasteiger partial charge in [-0.2, -0.15) is 0 Å². The minimum absolute atomic E-state index is 0.157. The minimum Gasteiger partial charge on any atom is -0.480 e. The molecule has 94 valence electrons. The lowest BCUT2D eigenvalue weighted by Crippen LogP contribution is -2.50. The SMILES string of the molecule is CCCCn1c(=O)[nH]c(=O)n(CC(=O)O)c1=O. The smallest absolute Gasteiger partial charge is 0.336 e. The Hall–Kier alpha value is -2.12. The van der Waals surface area contributed by atoms with Gasteiger partial charge < -0.3 is 5.11 Å². The number of rotatable bonds is 5. The largest absolute Gasteiger partial charge is 0.480 e. The lowest BCUT2D eigenvalue weighted by Gasteiger charge is -2.06. The van der Waals surface area contributed by atoms with E-state index in [1.807, 2.05) is 11.9 Å². The Balaban J connectivity index is 3.33. The number of nitrogens with one attached hydrogen (secondary N) is 1. The quantitative estimate of drug-likeness (QED) is 0.659. The van der Waals surface area contributed by atoms with Crippen molar-refractivity contribution in [3.63, 3.8) is 0 Å². The number of H-pyrrole nitrogens is 1. The average molecular weight is 243 g/mol. The molecule has 0 saturated heterocycles. The van der Waals surface area contributed by atoms with Gasteiger partial charge in [-0.25, -0.2) is 23.5 Å². The first-order valence-corrected chi connectivity index (χ1v) is 5.13. The highest BCUT2D eigenvalue weighted by Crippen LogP contribution is 1.86. The monoisotopic (exact) mass is 243 g/mol. The number of hydrogen-bond acceptors (Lipinski definition) is 4. The maximum absolute atomic E-state index is 11.7. The van der Waals surface area contributed by atoms with Crippen molar-refractivity contribution in [3.05, 3.63) is 31.5 Å². The molecule has 1 aromatic rings. The van der Waals surface area contributed by atoms with Gasteiger partial charge in [-0.1, -0.05) is 13.3 Å². The second-order valence-corrected chi connectivity index (χ2v) is 3.50. The first kappa shape index (κ1) is 12.9. The van der Waals surface area contributed by atoms with E-state index in [9.17, 15) is 19.2 Å². The van der Waals surface area contributed by atoms with Crippen LogP contribution in [-0.2, 0) is 17.9 Å². The van der Waals surface area contributed by atoms with Crippen molar-refractivity contribution in [1.29, 1.82) is 0 Å². The first-order chi connectivity index (χ1) is 7.97. The van der Waals surface area contributed by atoms with E-state index in [2.05, 4.69) is 0 Å². The molecule has 0 unspecified atom stereocenters. The zero-order chi connectivity index (χ0) is 13.0. The molecule has 0 amide bonds. The Kier molecular flexibility index (Phi) is 4.02. The molecule has 0 fully saturated rings. The highest BCUT2D eigenvalue weighted by atomic mass is 16.4. The van der Waals surface area contributed by atoms with Crippen LogP contribution in [0.25, 0.3) is 0 Å². The summed E-state index contributed by atoms with van der Waals surface area (Å²) >= 11 is 0. The van der Waals surface area contributed by atoms with Gasteiger partial charge in [0.2, 0.25) is 0 Å². The number of carboxylic acids is 1. The van der Waals surface area contributed by atoms with Crippen LogP contribution in [0, 0.1) is 0 Å². The lowest BCUT2D eigenvalue weighted by molar-refractivity contribution is -0.137. The minimum atomic E-state index is -1.32. The molecule has 0 aliphatic rings. The van der Waals surface area contributed by atoms with Crippen LogP contribution in [0.3, 0.4) is 0 Å². The van der Waals surface area contributed by atoms with Crippen molar-refractivity contribution in [2.24, 2.45) is 0 Å². The Morgan fingerprint density at radius 1 is 1.24 bits per heavy atom. The van der Waals surface area contributed by atoms with Gasteiger partial charge in [0.25, 0.3) is 0 Å². The van der Waals surface area contributed by atoms with Crippen LogP contribution in [0.1, 0.15) is 19.8 Å². The number of carboxylic acid groups (broad SMARTS) is 1. The van der Waals surface area contributed by atoms with Gasteiger partial charge in [0.1, 0.15) is 6.54 Å². The van der Waals surface area contributed by atoms with Crippen molar-refractivity contribution in [2.45, 2.75) is 32.9 Å². The second kappa shape index (κ2) is 5.28. The second-order valence-electron chi connectivity index (χ2n) is 3.50. The highest BCUT2D eigenvalue weighted by Gasteiger charge is 2.11. The third kappa shape index (κ3) is 2.92. The van der Waals surface area contributed by atoms with Crippen LogP contribution in [0.4, 0.5) is 0 Å². The summed E-state index contributed by atoms with van der Waals surface area (Å²) in [5.74, 6) is -1.32. The number of aromatic nitrogens is 3. The summed E-state index contributed by atoms with van der Waals surface area (Å²) in [6, 6.07) is 0. The van der Waals surface area contributed by atoms with E-state index < -0.39 is 29.6 Å². The molecule has 0 aliphatic heterocycles. The Morgan fingerprint density at radius 2 is 1.82 bits per heavy atom. The number of nitrogens with zero attached hydrogens (tertiary/aromatic N) is 2. The molecule has 0 saturated carbocycles. The molecule has 2 N–H and O–H groups in total. The van der Waals surface area contributed by atoms with Gasteiger partial charge in [-0.05, 0) is 6.42 Å². The number of aliphatic carboxylic acids is 1. The Morgan fingerprint density at radius 3 is 2.35 bits per heavy atom. The van der Waals surface area contributed by atoms with E-state index in [1.54, 1.807) is 0 Å². The molecular weight excluding hydrogens is 230 g/mol. The van der Waals surface area contributed by atoms with Crippen LogP contribution in [0.2, 0.25) is 0 Å². The fourth-order valence-electron chi connectivity index (χ4n) is 1.33. The number of aromatic amines is 1. The van der Waals surface area contributed by atoms with Gasteiger partial charge in [-0.15, -0.1) is 0 Å². The zero-order valence-electron chi connectivity index (χ0n) is 9.30. The topological polar surface area (TPSA) is 114 Å². The first-order valence-electron chi connectivity index (χ1n) is 5.13. The lowest BCUT2D eigenvalue weighted by atomic mass is 10.3. The van der Waals surface area contributed by atoms with E-state index in [0.29, 0.717) is 11.0 Å². The molecule has 0 aliphatic carbocycles. The Labute approximate surface area is 95.1 Å². The van der Waals surface area contributed by atoms with Crippen molar-refractivity contribution < 1.29 is 9.90 Å². The summed E-state index contributed by atoms with van der Waals surface area (Å²) in [5.41, 5.74) is -2.71. The molecule has 0 radical (unpaired) electrons.